The van der Waals surface area contributed by atoms with Crippen LogP contribution >= 0.6 is 0 Å². The zero-order valence-electron chi connectivity index (χ0n) is 19.1. The molecule has 2 aromatic carbocycles. The number of hydrogen-bond acceptors (Lipinski definition) is 3. The van der Waals surface area contributed by atoms with Gasteiger partial charge in [0.05, 0.1) is 5.56 Å². The number of nitrogens with zero attached hydrogens (tertiary/aromatic N) is 4. The summed E-state index contributed by atoms with van der Waals surface area (Å²) in [4.78, 5) is 21.4. The highest BCUT2D eigenvalue weighted by Gasteiger charge is 2.32. The molecule has 0 saturated carbocycles. The average Bonchev–Trinajstić information content (AvgIpc) is 3.27. The van der Waals surface area contributed by atoms with Crippen LogP contribution in [0.5, 0.6) is 0 Å². The van der Waals surface area contributed by atoms with Crippen LogP contribution in [0.1, 0.15) is 45.3 Å². The normalized spacial score (nSPS) is 18.6. The molecule has 8 heteroatoms. The van der Waals surface area contributed by atoms with Gasteiger partial charge in [0.15, 0.2) is 0 Å². The first kappa shape index (κ1) is 22.5. The Balaban J connectivity index is 1.24. The largest absolute Gasteiger partial charge is 0.416 e. The number of imidazole rings is 1. The summed E-state index contributed by atoms with van der Waals surface area (Å²) in [5.74, 6) is 1.23. The smallest absolute Gasteiger partial charge is 0.368 e. The number of aromatic nitrogens is 2. The number of amides is 1. The van der Waals surface area contributed by atoms with Gasteiger partial charge in [0.25, 0.3) is 5.91 Å². The first-order chi connectivity index (χ1) is 16.3. The van der Waals surface area contributed by atoms with Gasteiger partial charge in [0.1, 0.15) is 11.5 Å². The van der Waals surface area contributed by atoms with E-state index in [1.54, 1.807) is 11.0 Å². The Morgan fingerprint density at radius 3 is 2.53 bits per heavy atom. The lowest BCUT2D eigenvalue weighted by atomic mass is 9.89. The van der Waals surface area contributed by atoms with Gasteiger partial charge in [0.2, 0.25) is 0 Å². The molecule has 1 fully saturated rings. The number of anilines is 1. The maximum atomic E-state index is 13.1. The monoisotopic (exact) mass is 468 g/mol. The van der Waals surface area contributed by atoms with Crippen LogP contribution in [0.3, 0.4) is 0 Å². The van der Waals surface area contributed by atoms with Crippen LogP contribution in [0.2, 0.25) is 0 Å². The molecule has 3 aromatic rings. The number of alkyl halides is 3. The van der Waals surface area contributed by atoms with E-state index >= 15 is 0 Å². The fourth-order valence-electron chi connectivity index (χ4n) is 5.05. The van der Waals surface area contributed by atoms with E-state index in [0.29, 0.717) is 43.5 Å². The lowest BCUT2D eigenvalue weighted by Crippen LogP contribution is -2.49. The van der Waals surface area contributed by atoms with Gasteiger partial charge < -0.3 is 14.4 Å². The number of rotatable bonds is 3. The summed E-state index contributed by atoms with van der Waals surface area (Å²) in [6.45, 7) is 4.80. The second-order valence-corrected chi connectivity index (χ2v) is 9.11. The average molecular weight is 469 g/mol. The van der Waals surface area contributed by atoms with Gasteiger partial charge in [-0.25, -0.2) is 4.98 Å². The third-order valence-electron chi connectivity index (χ3n) is 6.95. The molecule has 5 nitrogen and oxygen atoms in total. The molecule has 0 spiro atoms. The van der Waals surface area contributed by atoms with Crippen molar-refractivity contribution in [2.75, 3.05) is 31.1 Å². The van der Waals surface area contributed by atoms with Crippen molar-refractivity contribution in [3.63, 3.8) is 0 Å². The molecule has 1 amide bonds. The van der Waals surface area contributed by atoms with E-state index in [0.717, 1.165) is 31.3 Å². The predicted molar refractivity (Wildman–Crippen MR) is 124 cm³/mol. The van der Waals surface area contributed by atoms with Crippen molar-refractivity contribution < 1.29 is 18.0 Å². The fourth-order valence-corrected chi connectivity index (χ4v) is 5.05. The summed E-state index contributed by atoms with van der Waals surface area (Å²) >= 11 is 0. The van der Waals surface area contributed by atoms with Gasteiger partial charge in [-0.3, -0.25) is 4.79 Å². The quantitative estimate of drug-likeness (QED) is 0.549. The Morgan fingerprint density at radius 1 is 1.03 bits per heavy atom. The molecule has 3 heterocycles. The number of halogens is 3. The molecule has 1 atom stereocenters. The molecule has 2 aliphatic rings. The third-order valence-corrected chi connectivity index (χ3v) is 6.95. The molecule has 2 aliphatic heterocycles. The molecule has 1 aromatic heterocycles. The SMILES string of the molecule is Cc1ccccc1C1CCc2nc(C(=O)N3CCN(c4cccc(C(F)(F)F)c4)CC3)cn2C1. The van der Waals surface area contributed by atoms with Crippen LogP contribution in [0.25, 0.3) is 0 Å². The zero-order chi connectivity index (χ0) is 23.9. The Kier molecular flexibility index (Phi) is 5.83. The fraction of sp³-hybridized carbons (Fsp3) is 0.385. The Labute approximate surface area is 196 Å². The summed E-state index contributed by atoms with van der Waals surface area (Å²) in [7, 11) is 0. The van der Waals surface area contributed by atoms with Crippen molar-refractivity contribution >= 4 is 11.6 Å². The zero-order valence-corrected chi connectivity index (χ0v) is 19.1. The molecule has 1 saturated heterocycles. The highest BCUT2D eigenvalue weighted by atomic mass is 19.4. The second-order valence-electron chi connectivity index (χ2n) is 9.11. The molecule has 0 aliphatic carbocycles. The third kappa shape index (κ3) is 4.41. The van der Waals surface area contributed by atoms with Gasteiger partial charge in [-0.15, -0.1) is 0 Å². The Bertz CT molecular complexity index is 1190. The molecule has 0 N–H and O–H groups in total. The number of benzene rings is 2. The second kappa shape index (κ2) is 8.81. The predicted octanol–water partition coefficient (Wildman–Crippen LogP) is 4.90. The van der Waals surface area contributed by atoms with Gasteiger partial charge in [-0.2, -0.15) is 13.2 Å². The topological polar surface area (TPSA) is 41.4 Å². The summed E-state index contributed by atoms with van der Waals surface area (Å²) in [5, 5.41) is 0. The molecule has 0 bridgehead atoms. The number of carbonyl (C=O) groups is 1. The summed E-state index contributed by atoms with van der Waals surface area (Å²) in [5.41, 5.74) is 2.96. The van der Waals surface area contributed by atoms with Crippen molar-refractivity contribution in [2.45, 2.75) is 38.4 Å². The Hall–Kier alpha value is -3.29. The number of aryl methyl sites for hydroxylation is 2. The molecular weight excluding hydrogens is 441 g/mol. The first-order valence-corrected chi connectivity index (χ1v) is 11.6. The molecule has 178 valence electrons. The van der Waals surface area contributed by atoms with Crippen molar-refractivity contribution in [3.05, 3.63) is 82.9 Å². The van der Waals surface area contributed by atoms with E-state index in [9.17, 15) is 18.0 Å². The summed E-state index contributed by atoms with van der Waals surface area (Å²) in [6.07, 6.45) is -0.672. The van der Waals surface area contributed by atoms with Gasteiger partial charge in [0, 0.05) is 56.9 Å². The van der Waals surface area contributed by atoms with E-state index in [-0.39, 0.29) is 5.91 Å². The minimum absolute atomic E-state index is 0.113. The van der Waals surface area contributed by atoms with Crippen LogP contribution in [-0.2, 0) is 19.1 Å². The summed E-state index contributed by atoms with van der Waals surface area (Å²) in [6, 6.07) is 13.8. The van der Waals surface area contributed by atoms with Crippen molar-refractivity contribution in [3.8, 4) is 0 Å². The number of carbonyl (C=O) groups excluding carboxylic acids is 1. The van der Waals surface area contributed by atoms with Crippen LogP contribution in [0, 0.1) is 6.92 Å². The minimum atomic E-state index is -4.37. The van der Waals surface area contributed by atoms with Crippen molar-refractivity contribution in [2.24, 2.45) is 0 Å². The highest BCUT2D eigenvalue weighted by Crippen LogP contribution is 2.33. The van der Waals surface area contributed by atoms with Gasteiger partial charge in [-0.05, 0) is 42.7 Å². The molecule has 1 unspecified atom stereocenters. The number of piperazine rings is 1. The summed E-state index contributed by atoms with van der Waals surface area (Å²) < 4.78 is 41.2. The van der Waals surface area contributed by atoms with Gasteiger partial charge >= 0.3 is 6.18 Å². The van der Waals surface area contributed by atoms with Crippen molar-refractivity contribution in [1.82, 2.24) is 14.5 Å². The van der Waals surface area contributed by atoms with E-state index < -0.39 is 11.7 Å². The lowest BCUT2D eigenvalue weighted by Gasteiger charge is -2.36. The highest BCUT2D eigenvalue weighted by molar-refractivity contribution is 5.92. The van der Waals surface area contributed by atoms with E-state index in [1.807, 2.05) is 17.2 Å². The van der Waals surface area contributed by atoms with Gasteiger partial charge in [-0.1, -0.05) is 30.3 Å². The van der Waals surface area contributed by atoms with Crippen LogP contribution < -0.4 is 4.90 Å². The maximum Gasteiger partial charge on any atom is 0.416 e. The maximum absolute atomic E-state index is 13.1. The Morgan fingerprint density at radius 2 is 1.79 bits per heavy atom. The van der Waals surface area contributed by atoms with Crippen LogP contribution in [0.15, 0.2) is 54.7 Å². The van der Waals surface area contributed by atoms with Crippen LogP contribution in [-0.4, -0.2) is 46.5 Å². The molecule has 5 rings (SSSR count). The van der Waals surface area contributed by atoms with E-state index in [1.165, 1.54) is 23.3 Å². The molecule has 34 heavy (non-hydrogen) atoms. The van der Waals surface area contributed by atoms with Crippen molar-refractivity contribution in [1.29, 1.82) is 0 Å². The van der Waals surface area contributed by atoms with Crippen LogP contribution in [0.4, 0.5) is 18.9 Å². The lowest BCUT2D eigenvalue weighted by molar-refractivity contribution is -0.137. The molecule has 0 radical (unpaired) electrons. The standard InChI is InChI=1S/C26H27F3N4O/c1-18-5-2-3-8-22(18)19-9-10-24-30-23(17-33(24)16-19)25(34)32-13-11-31(12-14-32)21-7-4-6-20(15-21)26(27,28)29/h2-8,15,17,19H,9-14,16H2,1H3. The molecular formula is C26H27F3N4O. The van der Waals surface area contributed by atoms with E-state index in [4.69, 9.17) is 0 Å². The number of fused-ring (bicyclic) bond motifs is 1. The van der Waals surface area contributed by atoms with E-state index in [2.05, 4.69) is 34.7 Å². The number of hydrogen-bond donors (Lipinski definition) is 0. The minimum Gasteiger partial charge on any atom is -0.368 e. The first-order valence-electron chi connectivity index (χ1n) is 11.6.